The summed E-state index contributed by atoms with van der Waals surface area (Å²) in [6.45, 7) is 2.12. The standard InChI is InChI=1S/C15H22BrNO3S/c1-11-3-2-4-13(7-5-11)17-21(19,20)15-8-6-12(10-18)9-14(15)16/h6,8-9,11,13,17-18H,2-5,7,10H2,1H3. The number of aliphatic hydroxyl groups excluding tert-OH is 1. The van der Waals surface area contributed by atoms with E-state index < -0.39 is 10.0 Å². The van der Waals surface area contributed by atoms with Crippen molar-refractivity contribution in [1.82, 2.24) is 4.72 Å². The second kappa shape index (κ2) is 7.22. The van der Waals surface area contributed by atoms with Gasteiger partial charge in [0, 0.05) is 10.5 Å². The number of hydrogen-bond donors (Lipinski definition) is 2. The molecule has 2 atom stereocenters. The Labute approximate surface area is 135 Å². The molecule has 0 bridgehead atoms. The third kappa shape index (κ3) is 4.52. The molecule has 1 aromatic carbocycles. The predicted molar refractivity (Wildman–Crippen MR) is 86.4 cm³/mol. The van der Waals surface area contributed by atoms with E-state index in [2.05, 4.69) is 27.6 Å². The molecular weight excluding hydrogens is 354 g/mol. The van der Waals surface area contributed by atoms with Crippen LogP contribution in [0, 0.1) is 5.92 Å². The van der Waals surface area contributed by atoms with Crippen LogP contribution in [0.25, 0.3) is 0 Å². The Morgan fingerprint density at radius 1 is 1.29 bits per heavy atom. The maximum atomic E-state index is 12.5. The normalized spacial score (nSPS) is 23.8. The van der Waals surface area contributed by atoms with Gasteiger partial charge in [0.2, 0.25) is 10.0 Å². The number of sulfonamides is 1. The molecule has 0 amide bonds. The number of nitrogens with one attached hydrogen (secondary N) is 1. The van der Waals surface area contributed by atoms with Crippen LogP contribution in [0.1, 0.15) is 44.6 Å². The number of benzene rings is 1. The summed E-state index contributed by atoms with van der Waals surface area (Å²) in [7, 11) is -3.53. The molecule has 0 aliphatic heterocycles. The van der Waals surface area contributed by atoms with Crippen LogP contribution in [-0.4, -0.2) is 19.6 Å². The maximum absolute atomic E-state index is 12.5. The zero-order valence-corrected chi connectivity index (χ0v) is 14.6. The fraction of sp³-hybridized carbons (Fsp3) is 0.600. The van der Waals surface area contributed by atoms with Crippen LogP contribution in [-0.2, 0) is 16.6 Å². The minimum Gasteiger partial charge on any atom is -0.392 e. The average Bonchev–Trinajstić information content (AvgIpc) is 2.62. The largest absolute Gasteiger partial charge is 0.392 e. The Kier molecular flexibility index (Phi) is 5.82. The molecule has 4 nitrogen and oxygen atoms in total. The van der Waals surface area contributed by atoms with Crippen molar-refractivity contribution in [1.29, 1.82) is 0 Å². The molecule has 2 N–H and O–H groups in total. The highest BCUT2D eigenvalue weighted by atomic mass is 79.9. The van der Waals surface area contributed by atoms with Crippen LogP contribution in [0.15, 0.2) is 27.6 Å². The quantitative estimate of drug-likeness (QED) is 0.794. The van der Waals surface area contributed by atoms with Crippen LogP contribution in [0.3, 0.4) is 0 Å². The first-order valence-corrected chi connectivity index (χ1v) is 9.61. The molecule has 1 aliphatic carbocycles. The van der Waals surface area contributed by atoms with Crippen molar-refractivity contribution in [3.63, 3.8) is 0 Å². The van der Waals surface area contributed by atoms with Gasteiger partial charge in [0.05, 0.1) is 11.5 Å². The van der Waals surface area contributed by atoms with Gasteiger partial charge in [-0.3, -0.25) is 0 Å². The van der Waals surface area contributed by atoms with Gasteiger partial charge in [-0.1, -0.05) is 25.8 Å². The minimum atomic E-state index is -3.53. The summed E-state index contributed by atoms with van der Waals surface area (Å²) in [5.74, 6) is 0.676. The van der Waals surface area contributed by atoms with Gasteiger partial charge >= 0.3 is 0 Å². The van der Waals surface area contributed by atoms with Crippen molar-refractivity contribution in [2.45, 2.75) is 56.6 Å². The second-order valence-electron chi connectivity index (χ2n) is 5.85. The molecule has 0 radical (unpaired) electrons. The zero-order chi connectivity index (χ0) is 15.5. The summed E-state index contributed by atoms with van der Waals surface area (Å²) in [6, 6.07) is 4.83. The van der Waals surface area contributed by atoms with Crippen molar-refractivity contribution >= 4 is 26.0 Å². The highest BCUT2D eigenvalue weighted by Gasteiger charge is 2.24. The van der Waals surface area contributed by atoms with Crippen LogP contribution >= 0.6 is 15.9 Å². The number of aliphatic hydroxyl groups is 1. The van der Waals surface area contributed by atoms with Crippen LogP contribution in [0.2, 0.25) is 0 Å². The Morgan fingerprint density at radius 3 is 2.71 bits per heavy atom. The molecule has 0 aromatic heterocycles. The molecule has 1 aromatic rings. The Morgan fingerprint density at radius 2 is 2.05 bits per heavy atom. The number of hydrogen-bond acceptors (Lipinski definition) is 3. The molecule has 0 saturated heterocycles. The van der Waals surface area contributed by atoms with E-state index in [9.17, 15) is 8.42 Å². The first-order chi connectivity index (χ1) is 9.92. The van der Waals surface area contributed by atoms with E-state index in [0.29, 0.717) is 16.0 Å². The second-order valence-corrected chi connectivity index (χ2v) is 8.39. The third-order valence-corrected chi connectivity index (χ3v) is 6.54. The Bertz CT molecular complexity index is 589. The highest BCUT2D eigenvalue weighted by Crippen LogP contribution is 2.26. The Hall–Kier alpha value is -0.430. The van der Waals surface area contributed by atoms with E-state index in [-0.39, 0.29) is 17.5 Å². The molecule has 2 rings (SSSR count). The van der Waals surface area contributed by atoms with Gasteiger partial charge in [-0.2, -0.15) is 0 Å². The molecule has 2 unspecified atom stereocenters. The first kappa shape index (κ1) is 16.9. The summed E-state index contributed by atoms with van der Waals surface area (Å²) in [5, 5.41) is 9.09. The van der Waals surface area contributed by atoms with Gasteiger partial charge in [-0.25, -0.2) is 13.1 Å². The molecule has 0 heterocycles. The topological polar surface area (TPSA) is 66.4 Å². The lowest BCUT2D eigenvalue weighted by Gasteiger charge is -2.17. The van der Waals surface area contributed by atoms with E-state index in [1.807, 2.05) is 0 Å². The van der Waals surface area contributed by atoms with E-state index in [0.717, 1.165) is 25.7 Å². The molecule has 1 fully saturated rings. The lowest BCUT2D eigenvalue weighted by atomic mass is 10.0. The van der Waals surface area contributed by atoms with Gasteiger partial charge in [-0.05, 0) is 58.8 Å². The smallest absolute Gasteiger partial charge is 0.241 e. The van der Waals surface area contributed by atoms with Crippen molar-refractivity contribution in [3.8, 4) is 0 Å². The molecular formula is C15H22BrNO3S. The van der Waals surface area contributed by atoms with Crippen molar-refractivity contribution in [2.75, 3.05) is 0 Å². The van der Waals surface area contributed by atoms with E-state index >= 15 is 0 Å². The van der Waals surface area contributed by atoms with Crippen LogP contribution in [0.5, 0.6) is 0 Å². The molecule has 1 saturated carbocycles. The summed E-state index contributed by atoms with van der Waals surface area (Å²) in [6.07, 6.45) is 5.10. The van der Waals surface area contributed by atoms with Crippen LogP contribution < -0.4 is 4.72 Å². The first-order valence-electron chi connectivity index (χ1n) is 7.34. The number of rotatable bonds is 4. The van der Waals surface area contributed by atoms with E-state index in [4.69, 9.17) is 5.11 Å². The number of halogens is 1. The Balaban J connectivity index is 2.14. The highest BCUT2D eigenvalue weighted by molar-refractivity contribution is 9.10. The zero-order valence-electron chi connectivity index (χ0n) is 12.2. The third-order valence-electron chi connectivity index (χ3n) is 4.05. The minimum absolute atomic E-state index is 0.0179. The lowest BCUT2D eigenvalue weighted by Crippen LogP contribution is -2.34. The summed E-state index contributed by atoms with van der Waals surface area (Å²) in [5.41, 5.74) is 0.684. The van der Waals surface area contributed by atoms with Gasteiger partial charge in [0.15, 0.2) is 0 Å². The van der Waals surface area contributed by atoms with E-state index in [1.165, 1.54) is 12.5 Å². The molecule has 21 heavy (non-hydrogen) atoms. The summed E-state index contributed by atoms with van der Waals surface area (Å²) < 4.78 is 28.3. The molecule has 1 aliphatic rings. The van der Waals surface area contributed by atoms with Gasteiger partial charge in [0.25, 0.3) is 0 Å². The summed E-state index contributed by atoms with van der Waals surface area (Å²) >= 11 is 3.28. The molecule has 6 heteroatoms. The van der Waals surface area contributed by atoms with Crippen LogP contribution in [0.4, 0.5) is 0 Å². The average molecular weight is 376 g/mol. The fourth-order valence-electron chi connectivity index (χ4n) is 2.75. The van der Waals surface area contributed by atoms with Crippen molar-refractivity contribution in [2.24, 2.45) is 5.92 Å². The predicted octanol–water partition coefficient (Wildman–Crippen LogP) is 3.19. The van der Waals surface area contributed by atoms with E-state index in [1.54, 1.807) is 12.1 Å². The lowest BCUT2D eigenvalue weighted by molar-refractivity contribution is 0.281. The van der Waals surface area contributed by atoms with Crippen molar-refractivity contribution < 1.29 is 13.5 Å². The monoisotopic (exact) mass is 375 g/mol. The maximum Gasteiger partial charge on any atom is 0.241 e. The molecule has 0 spiro atoms. The summed E-state index contributed by atoms with van der Waals surface area (Å²) in [4.78, 5) is 0.233. The molecule has 118 valence electrons. The fourth-order valence-corrected chi connectivity index (χ4v) is 5.18. The SMILES string of the molecule is CC1CCCC(NS(=O)(=O)c2ccc(CO)cc2Br)CC1. The van der Waals surface area contributed by atoms with Gasteiger partial charge in [0.1, 0.15) is 0 Å². The van der Waals surface area contributed by atoms with Gasteiger partial charge in [-0.15, -0.1) is 0 Å². The van der Waals surface area contributed by atoms with Crippen molar-refractivity contribution in [3.05, 3.63) is 28.2 Å². The van der Waals surface area contributed by atoms with Gasteiger partial charge < -0.3 is 5.11 Å².